The molecule has 164 valence electrons. The Kier molecular flexibility index (Phi) is 7.00. The lowest BCUT2D eigenvalue weighted by Gasteiger charge is -2.30. The Morgan fingerprint density at radius 1 is 1.23 bits per heavy atom. The maximum Gasteiger partial charge on any atom is 0.410 e. The molecule has 1 aliphatic rings. The van der Waals surface area contributed by atoms with Gasteiger partial charge in [-0.25, -0.2) is 4.79 Å². The Labute approximate surface area is 185 Å². The van der Waals surface area contributed by atoms with E-state index in [0.717, 1.165) is 17.2 Å². The average molecular weight is 445 g/mol. The monoisotopic (exact) mass is 444 g/mol. The lowest BCUT2D eigenvalue weighted by atomic mass is 9.99. The zero-order valence-electron chi connectivity index (χ0n) is 17.8. The van der Waals surface area contributed by atoms with Crippen LogP contribution >= 0.6 is 11.8 Å². The van der Waals surface area contributed by atoms with Gasteiger partial charge in [-0.05, 0) is 50.0 Å². The maximum absolute atomic E-state index is 14.4. The van der Waals surface area contributed by atoms with Crippen LogP contribution in [0.15, 0.2) is 53.4 Å². The van der Waals surface area contributed by atoms with Crippen molar-refractivity contribution >= 4 is 29.1 Å². The molecule has 0 unspecified atom stereocenters. The van der Waals surface area contributed by atoms with Crippen molar-refractivity contribution in [3.63, 3.8) is 0 Å². The van der Waals surface area contributed by atoms with Gasteiger partial charge in [-0.3, -0.25) is 10.1 Å². The minimum Gasteiger partial charge on any atom is -0.444 e. The number of thioether (sulfide) groups is 1. The van der Waals surface area contributed by atoms with E-state index in [2.05, 4.69) is 0 Å². The smallest absolute Gasteiger partial charge is 0.410 e. The van der Waals surface area contributed by atoms with Crippen molar-refractivity contribution in [1.29, 1.82) is 0 Å². The highest BCUT2D eigenvalue weighted by Crippen LogP contribution is 2.41. The zero-order valence-corrected chi connectivity index (χ0v) is 18.6. The molecule has 8 heteroatoms. The predicted molar refractivity (Wildman–Crippen MR) is 119 cm³/mol. The van der Waals surface area contributed by atoms with Crippen LogP contribution in [0.5, 0.6) is 0 Å². The molecule has 3 rings (SSSR count). The van der Waals surface area contributed by atoms with Crippen LogP contribution in [-0.4, -0.2) is 34.6 Å². The molecule has 0 aliphatic carbocycles. The number of nitrogens with zero attached hydrogens (tertiary/aromatic N) is 2. The van der Waals surface area contributed by atoms with Gasteiger partial charge in [-0.1, -0.05) is 42.5 Å². The average Bonchev–Trinajstić information content (AvgIpc) is 2.71. The molecule has 0 aromatic heterocycles. The third-order valence-corrected chi connectivity index (χ3v) is 5.88. The van der Waals surface area contributed by atoms with Crippen molar-refractivity contribution in [2.75, 3.05) is 13.1 Å². The molecule has 0 atom stereocenters. The quantitative estimate of drug-likeness (QED) is 0.319. The molecule has 1 heterocycles. The van der Waals surface area contributed by atoms with Crippen LogP contribution in [0.1, 0.15) is 38.3 Å². The summed E-state index contributed by atoms with van der Waals surface area (Å²) in [6.45, 7) is 6.19. The molecular formula is C23H25FN2O4S. The molecule has 0 radical (unpaired) electrons. The van der Waals surface area contributed by atoms with Crippen molar-refractivity contribution in [2.45, 2.75) is 43.4 Å². The van der Waals surface area contributed by atoms with E-state index in [1.165, 1.54) is 11.8 Å². The second-order valence-electron chi connectivity index (χ2n) is 8.21. The highest BCUT2D eigenvalue weighted by atomic mass is 32.2. The first-order valence-corrected chi connectivity index (χ1v) is 10.9. The normalized spacial score (nSPS) is 14.2. The number of rotatable bonds is 5. The fraction of sp³-hybridized carbons (Fsp3) is 0.348. The number of nitro groups is 1. The number of halogens is 1. The van der Waals surface area contributed by atoms with Crippen molar-refractivity contribution in [3.8, 4) is 0 Å². The predicted octanol–water partition coefficient (Wildman–Crippen LogP) is 6.05. The summed E-state index contributed by atoms with van der Waals surface area (Å²) in [6.07, 6.45) is 1.96. The summed E-state index contributed by atoms with van der Waals surface area (Å²) in [5.41, 5.74) is 1.40. The van der Waals surface area contributed by atoms with Crippen LogP contribution in [0, 0.1) is 15.9 Å². The first-order chi connectivity index (χ1) is 14.7. The number of amides is 1. The summed E-state index contributed by atoms with van der Waals surface area (Å²) in [4.78, 5) is 25.2. The van der Waals surface area contributed by atoms with Crippen molar-refractivity contribution in [1.82, 2.24) is 4.90 Å². The fourth-order valence-corrected chi connectivity index (χ4v) is 4.42. The lowest BCUT2D eigenvalue weighted by Crippen LogP contribution is -2.39. The van der Waals surface area contributed by atoms with E-state index >= 15 is 0 Å². The van der Waals surface area contributed by atoms with E-state index < -0.39 is 28.1 Å². The Balaban J connectivity index is 1.88. The van der Waals surface area contributed by atoms with Gasteiger partial charge in [0.25, 0.3) is 0 Å². The molecule has 0 spiro atoms. The van der Waals surface area contributed by atoms with Crippen LogP contribution < -0.4 is 0 Å². The standard InChI is InChI=1S/C23H25FN2O4S/c1-23(2,3)30-22(27)25-13-11-17(12-14-25)18-9-10-19(24)20(26(28)29)21(18)31-15-16-7-5-4-6-8-16/h4-11H,12-15H2,1-3H3. The molecule has 2 aromatic carbocycles. The number of nitro benzene ring substituents is 1. The Hall–Kier alpha value is -2.87. The Bertz CT molecular complexity index is 1000. The number of hydrogen-bond acceptors (Lipinski definition) is 5. The molecule has 0 fully saturated rings. The van der Waals surface area contributed by atoms with E-state index in [-0.39, 0.29) is 0 Å². The number of carbonyl (C=O) groups is 1. The summed E-state index contributed by atoms with van der Waals surface area (Å²) >= 11 is 1.25. The van der Waals surface area contributed by atoms with Gasteiger partial charge in [0.2, 0.25) is 5.82 Å². The summed E-state index contributed by atoms with van der Waals surface area (Å²) in [6, 6.07) is 12.3. The first-order valence-electron chi connectivity index (χ1n) is 9.96. The van der Waals surface area contributed by atoms with Crippen LogP contribution in [0.25, 0.3) is 5.57 Å². The van der Waals surface area contributed by atoms with Gasteiger partial charge in [-0.2, -0.15) is 4.39 Å². The molecule has 0 saturated carbocycles. The largest absolute Gasteiger partial charge is 0.444 e. The van der Waals surface area contributed by atoms with E-state index in [9.17, 15) is 19.3 Å². The molecule has 0 bridgehead atoms. The summed E-state index contributed by atoms with van der Waals surface area (Å²) in [7, 11) is 0. The van der Waals surface area contributed by atoms with Crippen molar-refractivity contribution in [3.05, 3.63) is 75.6 Å². The molecule has 2 aromatic rings. The summed E-state index contributed by atoms with van der Waals surface area (Å²) in [5, 5.41) is 11.6. The van der Waals surface area contributed by atoms with Gasteiger partial charge < -0.3 is 9.64 Å². The summed E-state index contributed by atoms with van der Waals surface area (Å²) in [5.74, 6) is -0.369. The number of ether oxygens (including phenoxy) is 1. The number of carbonyl (C=O) groups excluding carboxylic acids is 1. The van der Waals surface area contributed by atoms with Crippen LogP contribution in [0.4, 0.5) is 14.9 Å². The number of hydrogen-bond donors (Lipinski definition) is 0. The molecule has 0 saturated heterocycles. The first kappa shape index (κ1) is 22.8. The second kappa shape index (κ2) is 9.51. The minimum absolute atomic E-state index is 0.311. The molecule has 1 aliphatic heterocycles. The molecule has 6 nitrogen and oxygen atoms in total. The third-order valence-electron chi connectivity index (χ3n) is 4.70. The van der Waals surface area contributed by atoms with Crippen molar-refractivity contribution < 1.29 is 18.8 Å². The van der Waals surface area contributed by atoms with Gasteiger partial charge in [0.15, 0.2) is 0 Å². The van der Waals surface area contributed by atoms with Crippen LogP contribution in [0.3, 0.4) is 0 Å². The van der Waals surface area contributed by atoms with Crippen LogP contribution in [-0.2, 0) is 10.5 Å². The van der Waals surface area contributed by atoms with E-state index in [0.29, 0.717) is 35.7 Å². The van der Waals surface area contributed by atoms with Gasteiger partial charge >= 0.3 is 11.8 Å². The lowest BCUT2D eigenvalue weighted by molar-refractivity contribution is -0.390. The molecule has 31 heavy (non-hydrogen) atoms. The van der Waals surface area contributed by atoms with E-state index in [1.807, 2.05) is 57.2 Å². The van der Waals surface area contributed by atoms with Crippen LogP contribution in [0.2, 0.25) is 0 Å². The van der Waals surface area contributed by atoms with Gasteiger partial charge in [0.05, 0.1) is 9.82 Å². The maximum atomic E-state index is 14.4. The highest BCUT2D eigenvalue weighted by Gasteiger charge is 2.28. The Morgan fingerprint density at radius 3 is 2.52 bits per heavy atom. The molecular weight excluding hydrogens is 419 g/mol. The number of benzene rings is 2. The van der Waals surface area contributed by atoms with Crippen molar-refractivity contribution in [2.24, 2.45) is 0 Å². The highest BCUT2D eigenvalue weighted by molar-refractivity contribution is 7.98. The van der Waals surface area contributed by atoms with Gasteiger partial charge in [0.1, 0.15) is 5.60 Å². The topological polar surface area (TPSA) is 72.7 Å². The Morgan fingerprint density at radius 2 is 1.94 bits per heavy atom. The van der Waals surface area contributed by atoms with E-state index in [1.54, 1.807) is 11.0 Å². The summed E-state index contributed by atoms with van der Waals surface area (Å²) < 4.78 is 19.8. The molecule has 0 N–H and O–H groups in total. The van der Waals surface area contributed by atoms with Gasteiger partial charge in [0, 0.05) is 18.8 Å². The minimum atomic E-state index is -0.851. The third kappa shape index (κ3) is 5.85. The fourth-order valence-electron chi connectivity index (χ4n) is 3.25. The SMILES string of the molecule is CC(C)(C)OC(=O)N1CC=C(c2ccc(F)c([N+](=O)[O-])c2SCc2ccccc2)CC1. The van der Waals surface area contributed by atoms with E-state index in [4.69, 9.17) is 4.74 Å². The van der Waals surface area contributed by atoms with Gasteiger partial charge in [-0.15, -0.1) is 11.8 Å². The zero-order chi connectivity index (χ0) is 22.6. The second-order valence-corrected chi connectivity index (χ2v) is 9.20. The molecule has 1 amide bonds.